The highest BCUT2D eigenvalue weighted by atomic mass is 32.2. The Hall–Kier alpha value is -3.27. The molecule has 0 spiro atoms. The average molecular weight is 459 g/mol. The van der Waals surface area contributed by atoms with Gasteiger partial charge in [-0.3, -0.25) is 9.52 Å². The molecule has 32 heavy (non-hydrogen) atoms. The second-order valence-corrected chi connectivity index (χ2v) is 9.76. The highest BCUT2D eigenvalue weighted by molar-refractivity contribution is 7.92. The zero-order valence-electron chi connectivity index (χ0n) is 17.6. The van der Waals surface area contributed by atoms with Crippen molar-refractivity contribution in [1.29, 1.82) is 0 Å². The summed E-state index contributed by atoms with van der Waals surface area (Å²) in [4.78, 5) is 17.2. The molecule has 1 heterocycles. The fourth-order valence-corrected chi connectivity index (χ4v) is 4.28. The van der Waals surface area contributed by atoms with Gasteiger partial charge in [-0.1, -0.05) is 37.2 Å². The van der Waals surface area contributed by atoms with Crippen LogP contribution in [-0.2, 0) is 10.0 Å². The van der Waals surface area contributed by atoms with Crippen molar-refractivity contribution in [3.63, 3.8) is 0 Å². The quantitative estimate of drug-likeness (QED) is 0.527. The Morgan fingerprint density at radius 1 is 1.16 bits per heavy atom. The molecule has 8 nitrogen and oxygen atoms in total. The van der Waals surface area contributed by atoms with E-state index in [2.05, 4.69) is 20.2 Å². The minimum absolute atomic E-state index is 0.0407. The second-order valence-electron chi connectivity index (χ2n) is 8.07. The number of amides is 1. The number of nitrogens with one attached hydrogen (secondary N) is 2. The molecule has 1 saturated carbocycles. The molecule has 3 aromatic rings. The van der Waals surface area contributed by atoms with Gasteiger partial charge in [0.25, 0.3) is 15.9 Å². The first-order valence-electron chi connectivity index (χ1n) is 10.3. The Balaban J connectivity index is 1.53. The van der Waals surface area contributed by atoms with Gasteiger partial charge in [-0.05, 0) is 49.1 Å². The van der Waals surface area contributed by atoms with Gasteiger partial charge in [0.15, 0.2) is 5.82 Å². The Morgan fingerprint density at radius 2 is 1.91 bits per heavy atom. The number of carbonyl (C=O) groups is 1. The number of hydrogen-bond acceptors (Lipinski definition) is 6. The van der Waals surface area contributed by atoms with Crippen molar-refractivity contribution < 1.29 is 22.1 Å². The van der Waals surface area contributed by atoms with Crippen LogP contribution in [-0.4, -0.2) is 24.5 Å². The van der Waals surface area contributed by atoms with E-state index in [-0.39, 0.29) is 22.1 Å². The molecule has 1 aromatic heterocycles. The molecule has 10 heteroatoms. The van der Waals surface area contributed by atoms with Crippen molar-refractivity contribution in [2.45, 2.75) is 43.5 Å². The van der Waals surface area contributed by atoms with Crippen molar-refractivity contribution >= 4 is 21.6 Å². The molecule has 0 radical (unpaired) electrons. The van der Waals surface area contributed by atoms with Crippen molar-refractivity contribution in [2.75, 3.05) is 4.72 Å². The Bertz CT molecular complexity index is 1240. The predicted octanol–water partition coefficient (Wildman–Crippen LogP) is 4.01. The van der Waals surface area contributed by atoms with E-state index in [0.29, 0.717) is 17.6 Å². The third-order valence-corrected chi connectivity index (χ3v) is 6.51. The monoisotopic (exact) mass is 458 g/mol. The molecule has 1 fully saturated rings. The van der Waals surface area contributed by atoms with Crippen LogP contribution in [0.4, 0.5) is 10.1 Å². The van der Waals surface area contributed by atoms with Crippen LogP contribution in [0.5, 0.6) is 0 Å². The van der Waals surface area contributed by atoms with Crippen LogP contribution in [0, 0.1) is 11.7 Å². The number of carbonyl (C=O) groups excluding carboxylic acids is 1. The third kappa shape index (κ3) is 4.80. The average Bonchev–Trinajstić information content (AvgIpc) is 3.50. The number of para-hydroxylation sites is 1. The topological polar surface area (TPSA) is 114 Å². The molecule has 2 N–H and O–H groups in total. The van der Waals surface area contributed by atoms with Gasteiger partial charge >= 0.3 is 0 Å². The lowest BCUT2D eigenvalue weighted by molar-refractivity contribution is 0.0913. The molecular weight excluding hydrogens is 435 g/mol. The first kappa shape index (κ1) is 21.9. The SMILES string of the molecule is CC(C)C(NC(=O)c1cccc(S(=O)(=O)Nc2ccccc2F)c1)c1nc(C2CC2)no1. The van der Waals surface area contributed by atoms with E-state index >= 15 is 0 Å². The van der Waals surface area contributed by atoms with Gasteiger partial charge in [-0.25, -0.2) is 12.8 Å². The minimum Gasteiger partial charge on any atom is -0.340 e. The van der Waals surface area contributed by atoms with Crippen molar-refractivity contribution in [3.05, 3.63) is 71.6 Å². The van der Waals surface area contributed by atoms with Crippen LogP contribution >= 0.6 is 0 Å². The number of sulfonamides is 1. The lowest BCUT2D eigenvalue weighted by Crippen LogP contribution is -2.32. The Kier molecular flexibility index (Phi) is 5.96. The van der Waals surface area contributed by atoms with Gasteiger partial charge < -0.3 is 9.84 Å². The molecule has 1 amide bonds. The summed E-state index contributed by atoms with van der Waals surface area (Å²) < 4.78 is 46.9. The summed E-state index contributed by atoms with van der Waals surface area (Å²) in [5.74, 6) is 0.0566. The molecule has 1 aliphatic carbocycles. The van der Waals surface area contributed by atoms with Gasteiger partial charge in [-0.15, -0.1) is 0 Å². The molecule has 1 unspecified atom stereocenters. The summed E-state index contributed by atoms with van der Waals surface area (Å²) in [6.45, 7) is 3.82. The lowest BCUT2D eigenvalue weighted by Gasteiger charge is -2.18. The van der Waals surface area contributed by atoms with Crippen molar-refractivity contribution in [3.8, 4) is 0 Å². The van der Waals surface area contributed by atoms with E-state index in [4.69, 9.17) is 4.52 Å². The van der Waals surface area contributed by atoms with Crippen LogP contribution in [0.2, 0.25) is 0 Å². The van der Waals surface area contributed by atoms with E-state index < -0.39 is 27.8 Å². The zero-order valence-corrected chi connectivity index (χ0v) is 18.4. The molecule has 1 aliphatic rings. The first-order chi connectivity index (χ1) is 15.2. The largest absolute Gasteiger partial charge is 0.340 e. The molecule has 0 bridgehead atoms. The molecule has 1 atom stereocenters. The highest BCUT2D eigenvalue weighted by Gasteiger charge is 2.32. The van der Waals surface area contributed by atoms with Crippen LogP contribution in [0.25, 0.3) is 0 Å². The number of halogens is 1. The van der Waals surface area contributed by atoms with Crippen LogP contribution in [0.1, 0.15) is 60.7 Å². The van der Waals surface area contributed by atoms with E-state index in [1.165, 1.54) is 42.5 Å². The first-order valence-corrected chi connectivity index (χ1v) is 11.7. The van der Waals surface area contributed by atoms with E-state index in [0.717, 1.165) is 18.9 Å². The summed E-state index contributed by atoms with van der Waals surface area (Å²) in [5, 5.41) is 6.85. The van der Waals surface area contributed by atoms with Crippen molar-refractivity contribution in [1.82, 2.24) is 15.5 Å². The number of rotatable bonds is 8. The third-order valence-electron chi connectivity index (χ3n) is 5.14. The van der Waals surface area contributed by atoms with Gasteiger partial charge in [0.2, 0.25) is 5.89 Å². The Morgan fingerprint density at radius 3 is 2.59 bits per heavy atom. The molecule has 0 aliphatic heterocycles. The molecule has 2 aromatic carbocycles. The maximum Gasteiger partial charge on any atom is 0.262 e. The summed E-state index contributed by atoms with van der Waals surface area (Å²) in [7, 11) is -4.10. The smallest absolute Gasteiger partial charge is 0.262 e. The fraction of sp³-hybridized carbons (Fsp3) is 0.318. The zero-order chi connectivity index (χ0) is 22.9. The fourth-order valence-electron chi connectivity index (χ4n) is 3.17. The van der Waals surface area contributed by atoms with Crippen LogP contribution in [0.15, 0.2) is 57.9 Å². The van der Waals surface area contributed by atoms with E-state index in [1.54, 1.807) is 0 Å². The molecule has 4 rings (SSSR count). The standard InChI is InChI=1S/C22H23FN4O4S/c1-13(2)19(22-25-20(26-31-22)14-10-11-14)24-21(28)15-6-5-7-16(12-15)32(29,30)27-18-9-4-3-8-17(18)23/h3-9,12-14,19,27H,10-11H2,1-2H3,(H,24,28). The van der Waals surface area contributed by atoms with Gasteiger partial charge in [0, 0.05) is 11.5 Å². The number of anilines is 1. The predicted molar refractivity (Wildman–Crippen MR) is 115 cm³/mol. The van der Waals surface area contributed by atoms with Gasteiger partial charge in [0.1, 0.15) is 11.9 Å². The normalized spacial score (nSPS) is 14.9. The van der Waals surface area contributed by atoms with Crippen molar-refractivity contribution in [2.24, 2.45) is 5.92 Å². The maximum atomic E-state index is 13.9. The lowest BCUT2D eigenvalue weighted by atomic mass is 10.0. The maximum absolute atomic E-state index is 13.9. The van der Waals surface area contributed by atoms with Crippen LogP contribution in [0.3, 0.4) is 0 Å². The minimum atomic E-state index is -4.10. The van der Waals surface area contributed by atoms with Crippen LogP contribution < -0.4 is 10.0 Å². The summed E-state index contributed by atoms with van der Waals surface area (Å²) in [6, 6.07) is 10.4. The van der Waals surface area contributed by atoms with Gasteiger partial charge in [0.05, 0.1) is 10.6 Å². The van der Waals surface area contributed by atoms with Gasteiger partial charge in [-0.2, -0.15) is 4.98 Å². The Labute approximate surface area is 185 Å². The highest BCUT2D eigenvalue weighted by Crippen LogP contribution is 2.38. The molecular formula is C22H23FN4O4S. The molecule has 0 saturated heterocycles. The summed E-state index contributed by atoms with van der Waals surface area (Å²) >= 11 is 0. The number of hydrogen-bond donors (Lipinski definition) is 2. The number of aromatic nitrogens is 2. The summed E-state index contributed by atoms with van der Waals surface area (Å²) in [6.07, 6.45) is 2.06. The second kappa shape index (κ2) is 8.70. The number of nitrogens with zero attached hydrogens (tertiary/aromatic N) is 2. The molecule has 168 valence electrons. The van der Waals surface area contributed by atoms with E-state index in [9.17, 15) is 17.6 Å². The van der Waals surface area contributed by atoms with E-state index in [1.807, 2.05) is 13.8 Å². The summed E-state index contributed by atoms with van der Waals surface area (Å²) in [5.41, 5.74) is -0.0425. The number of benzene rings is 2.